The zero-order valence-electron chi connectivity index (χ0n) is 16.7. The molecule has 0 aliphatic heterocycles. The van der Waals surface area contributed by atoms with E-state index in [4.69, 9.17) is 8.92 Å². The van der Waals surface area contributed by atoms with Crippen LogP contribution in [0.3, 0.4) is 0 Å². The predicted molar refractivity (Wildman–Crippen MR) is 105 cm³/mol. The highest BCUT2D eigenvalue weighted by atomic mass is 32.2. The molecule has 33 heavy (non-hydrogen) atoms. The minimum Gasteiger partial charge on any atom is -0.437 e. The molecule has 3 aromatic rings. The van der Waals surface area contributed by atoms with Gasteiger partial charge in [-0.25, -0.2) is 9.25 Å². The predicted octanol–water partition coefficient (Wildman–Crippen LogP) is 0.806. The molecule has 1 atom stereocenters. The van der Waals surface area contributed by atoms with Gasteiger partial charge in [0.05, 0.1) is 16.0 Å². The summed E-state index contributed by atoms with van der Waals surface area (Å²) in [6.07, 6.45) is 2.55. The number of aromatic nitrogens is 5. The summed E-state index contributed by atoms with van der Waals surface area (Å²) < 4.78 is 37.0. The van der Waals surface area contributed by atoms with Crippen LogP contribution in [0.4, 0.5) is 11.6 Å². The van der Waals surface area contributed by atoms with Crippen molar-refractivity contribution in [3.05, 3.63) is 68.8 Å². The van der Waals surface area contributed by atoms with Gasteiger partial charge >= 0.3 is 11.9 Å². The Balaban J connectivity index is 1.75. The van der Waals surface area contributed by atoms with Crippen LogP contribution < -0.4 is 0 Å². The molecule has 0 spiro atoms. The normalized spacial score (nSPS) is 12.3. The van der Waals surface area contributed by atoms with Crippen LogP contribution in [0.1, 0.15) is 18.8 Å². The van der Waals surface area contributed by atoms with Gasteiger partial charge in [0, 0.05) is 19.1 Å². The number of nitrogens with zero attached hydrogens (tertiary/aromatic N) is 7. The fraction of sp³-hybridized carbons (Fsp3) is 0.250. The number of non-ortho nitro benzene ring substituents is 1. The van der Waals surface area contributed by atoms with Crippen LogP contribution in [-0.4, -0.2) is 55.4 Å². The van der Waals surface area contributed by atoms with E-state index in [-0.39, 0.29) is 22.8 Å². The van der Waals surface area contributed by atoms with Crippen LogP contribution in [0.5, 0.6) is 0 Å². The maximum atomic E-state index is 12.4. The Morgan fingerprint density at radius 1 is 1.18 bits per heavy atom. The van der Waals surface area contributed by atoms with Crippen LogP contribution in [0, 0.1) is 20.2 Å². The fourth-order valence-corrected chi connectivity index (χ4v) is 3.51. The highest BCUT2D eigenvalue weighted by molar-refractivity contribution is 7.86. The standard InChI is InChI=1S/C16H15N7O9S/c1-11(24)32-15(10-31-33(29,30)14-4-2-13(3-5-14)22(25)26)21-9-12(18-19-21)8-20-7-6-17-16(20)23(27)28/h2-7,9,15H,8,10H2,1H3. The van der Waals surface area contributed by atoms with Crippen LogP contribution in [0.25, 0.3) is 0 Å². The lowest BCUT2D eigenvalue weighted by molar-refractivity contribution is -0.396. The summed E-state index contributed by atoms with van der Waals surface area (Å²) in [5, 5.41) is 29.3. The Labute approximate surface area is 184 Å². The number of nitro benzene ring substituents is 1. The Morgan fingerprint density at radius 2 is 1.88 bits per heavy atom. The summed E-state index contributed by atoms with van der Waals surface area (Å²) in [6, 6.07) is 4.00. The Morgan fingerprint density at radius 3 is 2.48 bits per heavy atom. The molecule has 0 saturated heterocycles. The van der Waals surface area contributed by atoms with E-state index in [1.54, 1.807) is 0 Å². The molecule has 16 nitrogen and oxygen atoms in total. The fourth-order valence-electron chi connectivity index (χ4n) is 2.60. The van der Waals surface area contributed by atoms with Gasteiger partial charge in [0.1, 0.15) is 31.2 Å². The maximum Gasteiger partial charge on any atom is 0.434 e. The average Bonchev–Trinajstić information content (AvgIpc) is 3.41. The van der Waals surface area contributed by atoms with Crippen LogP contribution in [-0.2, 0) is 30.4 Å². The first-order chi connectivity index (χ1) is 15.6. The van der Waals surface area contributed by atoms with Gasteiger partial charge in [-0.2, -0.15) is 8.42 Å². The largest absolute Gasteiger partial charge is 0.437 e. The first kappa shape index (κ1) is 23.4. The first-order valence-electron chi connectivity index (χ1n) is 8.94. The average molecular weight is 481 g/mol. The summed E-state index contributed by atoms with van der Waals surface area (Å²) in [5.41, 5.74) is -0.0773. The number of imidazole rings is 1. The molecule has 0 aliphatic rings. The SMILES string of the molecule is CC(=O)OC(COS(=O)(=O)c1ccc([N+](=O)[O-])cc1)n1cc(Cn2ccnc2[N+](=O)[O-])nn1. The number of benzene rings is 1. The molecule has 1 aromatic carbocycles. The molecule has 0 fully saturated rings. The minimum atomic E-state index is -4.35. The van der Waals surface area contributed by atoms with Crippen molar-refractivity contribution in [2.45, 2.75) is 24.6 Å². The molecule has 0 saturated carbocycles. The molecule has 0 N–H and O–H groups in total. The number of carbonyl (C=O) groups excluding carboxylic acids is 1. The van der Waals surface area contributed by atoms with Crippen LogP contribution >= 0.6 is 0 Å². The molecular formula is C16H15N7O9S. The van der Waals surface area contributed by atoms with Crippen LogP contribution in [0.15, 0.2) is 47.8 Å². The summed E-state index contributed by atoms with van der Waals surface area (Å²) in [6.45, 7) is 0.322. The zero-order valence-corrected chi connectivity index (χ0v) is 17.6. The Hall–Kier alpha value is -4.25. The van der Waals surface area contributed by atoms with Gasteiger partial charge in [-0.05, 0) is 17.1 Å². The summed E-state index contributed by atoms with van der Waals surface area (Å²) >= 11 is 0. The number of nitro groups is 2. The third-order valence-corrected chi connectivity index (χ3v) is 5.34. The van der Waals surface area contributed by atoms with Crippen molar-refractivity contribution in [2.75, 3.05) is 6.61 Å². The van der Waals surface area contributed by atoms with Crippen LogP contribution in [0.2, 0.25) is 0 Å². The minimum absolute atomic E-state index is 0.0783. The second kappa shape index (κ2) is 9.49. The molecule has 0 amide bonds. The van der Waals surface area contributed by atoms with Crippen molar-refractivity contribution in [1.82, 2.24) is 24.5 Å². The highest BCUT2D eigenvalue weighted by Crippen LogP contribution is 2.20. The zero-order chi connectivity index (χ0) is 24.2. The number of ether oxygens (including phenoxy) is 1. The number of hydrogen-bond acceptors (Lipinski definition) is 12. The van der Waals surface area contributed by atoms with E-state index in [9.17, 15) is 33.4 Å². The third-order valence-electron chi connectivity index (χ3n) is 4.05. The quantitative estimate of drug-likeness (QED) is 0.171. The second-order valence-electron chi connectivity index (χ2n) is 6.36. The van der Waals surface area contributed by atoms with Gasteiger partial charge in [-0.3, -0.25) is 19.1 Å². The smallest absolute Gasteiger partial charge is 0.434 e. The van der Waals surface area contributed by atoms with Crippen molar-refractivity contribution >= 4 is 27.7 Å². The molecule has 17 heteroatoms. The highest BCUT2D eigenvalue weighted by Gasteiger charge is 2.24. The molecular weight excluding hydrogens is 466 g/mol. The van der Waals surface area contributed by atoms with E-state index in [1.807, 2.05) is 0 Å². The number of rotatable bonds is 10. The van der Waals surface area contributed by atoms with Crippen molar-refractivity contribution in [3.63, 3.8) is 0 Å². The van der Waals surface area contributed by atoms with E-state index in [2.05, 4.69) is 15.3 Å². The Kier molecular flexibility index (Phi) is 6.73. The second-order valence-corrected chi connectivity index (χ2v) is 7.97. The van der Waals surface area contributed by atoms with Crippen molar-refractivity contribution in [3.8, 4) is 0 Å². The lowest BCUT2D eigenvalue weighted by atomic mass is 10.3. The van der Waals surface area contributed by atoms with E-state index in [0.29, 0.717) is 0 Å². The molecule has 0 bridgehead atoms. The van der Waals surface area contributed by atoms with E-state index in [1.165, 1.54) is 23.2 Å². The number of esters is 1. The van der Waals surface area contributed by atoms with Crippen molar-refractivity contribution in [1.29, 1.82) is 0 Å². The van der Waals surface area contributed by atoms with Gasteiger partial charge in [0.25, 0.3) is 15.8 Å². The lowest BCUT2D eigenvalue weighted by Crippen LogP contribution is -2.23. The molecule has 0 radical (unpaired) electrons. The lowest BCUT2D eigenvalue weighted by Gasteiger charge is -2.16. The van der Waals surface area contributed by atoms with Gasteiger partial charge in [-0.15, -0.1) is 5.10 Å². The molecule has 3 rings (SSSR count). The molecule has 0 aliphatic carbocycles. The number of carbonyl (C=O) groups is 1. The number of hydrogen-bond donors (Lipinski definition) is 0. The topological polar surface area (TPSA) is 204 Å². The third kappa shape index (κ3) is 5.71. The summed E-state index contributed by atoms with van der Waals surface area (Å²) in [7, 11) is -4.35. The van der Waals surface area contributed by atoms with Crippen molar-refractivity contribution < 1.29 is 32.0 Å². The summed E-state index contributed by atoms with van der Waals surface area (Å²) in [4.78, 5) is 35.1. The van der Waals surface area contributed by atoms with Gasteiger partial charge in [0.2, 0.25) is 6.23 Å². The van der Waals surface area contributed by atoms with E-state index in [0.717, 1.165) is 35.9 Å². The first-order valence-corrected chi connectivity index (χ1v) is 10.3. The van der Waals surface area contributed by atoms with Gasteiger partial charge in [-0.1, -0.05) is 10.2 Å². The molecule has 1 unspecified atom stereocenters. The molecule has 174 valence electrons. The van der Waals surface area contributed by atoms with E-state index < -0.39 is 44.7 Å². The van der Waals surface area contributed by atoms with Gasteiger partial charge in [0.15, 0.2) is 0 Å². The monoisotopic (exact) mass is 481 g/mol. The van der Waals surface area contributed by atoms with Gasteiger partial charge < -0.3 is 14.9 Å². The van der Waals surface area contributed by atoms with Crippen molar-refractivity contribution in [2.24, 2.45) is 0 Å². The maximum absolute atomic E-state index is 12.4. The molecule has 2 heterocycles. The Bertz CT molecular complexity index is 1280. The molecule has 2 aromatic heterocycles. The van der Waals surface area contributed by atoms with E-state index >= 15 is 0 Å². The summed E-state index contributed by atoms with van der Waals surface area (Å²) in [5.74, 6) is -1.18.